The van der Waals surface area contributed by atoms with Crippen molar-refractivity contribution in [3.8, 4) is 0 Å². The zero-order valence-electron chi connectivity index (χ0n) is 10.0. The Balaban J connectivity index is 2.43. The number of anilines is 1. The number of ether oxygens (including phenoxy) is 2. The molecule has 1 aromatic heterocycles. The van der Waals surface area contributed by atoms with Gasteiger partial charge in [-0.3, -0.25) is 0 Å². The molecule has 0 fully saturated rings. The van der Waals surface area contributed by atoms with Gasteiger partial charge in [-0.25, -0.2) is 14.8 Å². The highest BCUT2D eigenvalue weighted by Crippen LogP contribution is 2.14. The van der Waals surface area contributed by atoms with Crippen LogP contribution in [0.15, 0.2) is 12.5 Å². The van der Waals surface area contributed by atoms with Gasteiger partial charge in [-0.15, -0.1) is 0 Å². The number of carbonyl (C=O) groups is 1. The molecule has 106 valence electrons. The molecule has 0 saturated heterocycles. The monoisotopic (exact) mass is 279 g/mol. The summed E-state index contributed by atoms with van der Waals surface area (Å²) in [5.41, 5.74) is 0.0980. The summed E-state index contributed by atoms with van der Waals surface area (Å²) in [6.45, 7) is -1.43. The summed E-state index contributed by atoms with van der Waals surface area (Å²) in [6.07, 6.45) is -1.91. The largest absolute Gasteiger partial charge is 0.465 e. The first kappa shape index (κ1) is 15.2. The highest BCUT2D eigenvalue weighted by Gasteiger charge is 2.27. The molecule has 0 aliphatic rings. The van der Waals surface area contributed by atoms with Gasteiger partial charge >= 0.3 is 12.1 Å². The number of hydrogen-bond acceptors (Lipinski definition) is 6. The van der Waals surface area contributed by atoms with E-state index in [0.29, 0.717) is 0 Å². The van der Waals surface area contributed by atoms with E-state index in [1.807, 2.05) is 0 Å². The third-order valence-corrected chi connectivity index (χ3v) is 1.92. The number of methoxy groups -OCH3 is 1. The molecule has 0 aromatic carbocycles. The fourth-order valence-electron chi connectivity index (χ4n) is 1.16. The fraction of sp³-hybridized carbons (Fsp3) is 0.500. The van der Waals surface area contributed by atoms with Gasteiger partial charge in [-0.05, 0) is 0 Å². The van der Waals surface area contributed by atoms with Crippen LogP contribution in [0.1, 0.15) is 10.4 Å². The van der Waals surface area contributed by atoms with Crippen molar-refractivity contribution in [1.29, 1.82) is 0 Å². The number of aromatic nitrogens is 2. The van der Waals surface area contributed by atoms with Crippen LogP contribution in [-0.4, -0.2) is 49.0 Å². The minimum Gasteiger partial charge on any atom is -0.465 e. The number of hydrogen-bond donors (Lipinski definition) is 1. The number of esters is 1. The number of alkyl halides is 3. The number of nitrogens with one attached hydrogen (secondary N) is 1. The van der Waals surface area contributed by atoms with E-state index in [1.54, 1.807) is 0 Å². The van der Waals surface area contributed by atoms with Crippen molar-refractivity contribution in [2.45, 2.75) is 6.18 Å². The fourth-order valence-corrected chi connectivity index (χ4v) is 1.16. The van der Waals surface area contributed by atoms with E-state index in [2.05, 4.69) is 24.8 Å². The van der Waals surface area contributed by atoms with Gasteiger partial charge in [0.2, 0.25) is 0 Å². The van der Waals surface area contributed by atoms with Crippen molar-refractivity contribution < 1.29 is 27.4 Å². The SMILES string of the molecule is COC(=O)c1cncnc1NCCOCC(F)(F)F. The van der Waals surface area contributed by atoms with E-state index in [1.165, 1.54) is 19.6 Å². The molecular formula is C10H12F3N3O3. The van der Waals surface area contributed by atoms with Gasteiger partial charge in [-0.1, -0.05) is 0 Å². The second-order valence-electron chi connectivity index (χ2n) is 3.37. The lowest BCUT2D eigenvalue weighted by molar-refractivity contribution is -0.172. The van der Waals surface area contributed by atoms with Crippen LogP contribution in [0.3, 0.4) is 0 Å². The van der Waals surface area contributed by atoms with E-state index >= 15 is 0 Å². The van der Waals surface area contributed by atoms with Gasteiger partial charge < -0.3 is 14.8 Å². The molecule has 0 aliphatic heterocycles. The van der Waals surface area contributed by atoms with E-state index in [9.17, 15) is 18.0 Å². The maximum atomic E-state index is 11.8. The summed E-state index contributed by atoms with van der Waals surface area (Å²) in [6, 6.07) is 0. The number of halogens is 3. The van der Waals surface area contributed by atoms with Gasteiger partial charge in [0, 0.05) is 12.7 Å². The lowest BCUT2D eigenvalue weighted by Gasteiger charge is -2.10. The number of carbonyl (C=O) groups excluding carboxylic acids is 1. The summed E-state index contributed by atoms with van der Waals surface area (Å²) < 4.78 is 44.3. The molecule has 0 amide bonds. The van der Waals surface area contributed by atoms with E-state index in [-0.39, 0.29) is 24.5 Å². The molecule has 19 heavy (non-hydrogen) atoms. The Kier molecular flexibility index (Phi) is 5.49. The third kappa shape index (κ3) is 5.51. The second kappa shape index (κ2) is 6.88. The Morgan fingerprint density at radius 1 is 1.47 bits per heavy atom. The lowest BCUT2D eigenvalue weighted by Crippen LogP contribution is -2.21. The topological polar surface area (TPSA) is 73.3 Å². The normalized spacial score (nSPS) is 11.2. The van der Waals surface area contributed by atoms with Crippen LogP contribution in [0.4, 0.5) is 19.0 Å². The van der Waals surface area contributed by atoms with E-state index in [0.717, 1.165) is 0 Å². The van der Waals surface area contributed by atoms with E-state index < -0.39 is 18.8 Å². The molecule has 0 atom stereocenters. The minimum atomic E-state index is -4.36. The third-order valence-electron chi connectivity index (χ3n) is 1.92. The van der Waals surface area contributed by atoms with Crippen LogP contribution in [0, 0.1) is 0 Å². The molecule has 0 aliphatic carbocycles. The van der Waals surface area contributed by atoms with Gasteiger partial charge in [0.15, 0.2) is 0 Å². The maximum Gasteiger partial charge on any atom is 0.411 e. The van der Waals surface area contributed by atoms with Crippen LogP contribution in [0.5, 0.6) is 0 Å². The predicted molar refractivity (Wildman–Crippen MR) is 58.7 cm³/mol. The van der Waals surface area contributed by atoms with E-state index in [4.69, 9.17) is 0 Å². The molecule has 0 unspecified atom stereocenters. The smallest absolute Gasteiger partial charge is 0.411 e. The Morgan fingerprint density at radius 3 is 2.84 bits per heavy atom. The first-order valence-electron chi connectivity index (χ1n) is 5.20. The van der Waals surface area contributed by atoms with Crippen molar-refractivity contribution in [2.24, 2.45) is 0 Å². The Morgan fingerprint density at radius 2 is 2.21 bits per heavy atom. The number of nitrogens with zero attached hydrogens (tertiary/aromatic N) is 2. The quantitative estimate of drug-likeness (QED) is 0.624. The standard InChI is InChI=1S/C10H12F3N3O3/c1-18-9(17)7-4-14-6-16-8(7)15-2-3-19-5-10(11,12)13/h4,6H,2-3,5H2,1H3,(H,14,15,16). The molecule has 0 saturated carbocycles. The minimum absolute atomic E-state index is 0.0666. The summed E-state index contributed by atoms with van der Waals surface area (Å²) in [5.74, 6) is -0.461. The molecule has 1 aromatic rings. The predicted octanol–water partition coefficient (Wildman–Crippen LogP) is 1.25. The van der Waals surface area contributed by atoms with Gasteiger partial charge in [0.25, 0.3) is 0 Å². The van der Waals surface area contributed by atoms with Crippen LogP contribution in [-0.2, 0) is 9.47 Å². The van der Waals surface area contributed by atoms with Crippen molar-refractivity contribution in [1.82, 2.24) is 9.97 Å². The van der Waals surface area contributed by atoms with Crippen LogP contribution >= 0.6 is 0 Å². The summed E-state index contributed by atoms with van der Waals surface area (Å²) >= 11 is 0. The molecular weight excluding hydrogens is 267 g/mol. The molecule has 0 bridgehead atoms. The first-order chi connectivity index (χ1) is 8.94. The lowest BCUT2D eigenvalue weighted by atomic mass is 10.3. The molecule has 0 spiro atoms. The summed E-state index contributed by atoms with van der Waals surface area (Å²) in [5, 5.41) is 2.67. The zero-order valence-corrected chi connectivity index (χ0v) is 10.0. The van der Waals surface area contributed by atoms with Crippen molar-refractivity contribution >= 4 is 11.8 Å². The Labute approximate surface area is 106 Å². The van der Waals surface area contributed by atoms with Crippen LogP contribution in [0.2, 0.25) is 0 Å². The average molecular weight is 279 g/mol. The average Bonchev–Trinajstić information content (AvgIpc) is 2.36. The maximum absolute atomic E-state index is 11.8. The second-order valence-corrected chi connectivity index (χ2v) is 3.37. The Bertz CT molecular complexity index is 426. The zero-order chi connectivity index (χ0) is 14.3. The van der Waals surface area contributed by atoms with Gasteiger partial charge in [0.05, 0.1) is 13.7 Å². The molecule has 6 nitrogen and oxygen atoms in total. The van der Waals surface area contributed by atoms with Crippen molar-refractivity contribution in [3.63, 3.8) is 0 Å². The summed E-state index contributed by atoms with van der Waals surface area (Å²) in [7, 11) is 1.20. The molecule has 9 heteroatoms. The molecule has 1 heterocycles. The van der Waals surface area contributed by atoms with Crippen molar-refractivity contribution in [3.05, 3.63) is 18.1 Å². The van der Waals surface area contributed by atoms with Gasteiger partial charge in [-0.2, -0.15) is 13.2 Å². The Hall–Kier alpha value is -1.90. The molecule has 1 rings (SSSR count). The summed E-state index contributed by atoms with van der Waals surface area (Å²) in [4.78, 5) is 18.8. The highest BCUT2D eigenvalue weighted by molar-refractivity contribution is 5.94. The van der Waals surface area contributed by atoms with Crippen LogP contribution in [0.25, 0.3) is 0 Å². The highest BCUT2D eigenvalue weighted by atomic mass is 19.4. The van der Waals surface area contributed by atoms with Gasteiger partial charge in [0.1, 0.15) is 24.3 Å². The van der Waals surface area contributed by atoms with Crippen molar-refractivity contribution in [2.75, 3.05) is 32.2 Å². The first-order valence-corrected chi connectivity index (χ1v) is 5.20. The number of rotatable bonds is 6. The van der Waals surface area contributed by atoms with Crippen LogP contribution < -0.4 is 5.32 Å². The molecule has 1 N–H and O–H groups in total. The molecule has 0 radical (unpaired) electrons.